The average molecular weight is 525 g/mol. The minimum absolute atomic E-state index is 0.0597. The lowest BCUT2D eigenvalue weighted by Gasteiger charge is -2.23. The summed E-state index contributed by atoms with van der Waals surface area (Å²) in [5, 5.41) is 5.62. The van der Waals surface area contributed by atoms with Gasteiger partial charge < -0.3 is 15.0 Å². The quantitative estimate of drug-likeness (QED) is 0.398. The SMILES string of the molecule is C=c1ccc(C(=O)NCC2CCCCO2)c(CC)/c1=C/N(C)CC(CC)CCC(=O)c1ccc(Cl)cc1. The Labute approximate surface area is 226 Å². The molecule has 0 radical (unpaired) electrons. The third-order valence-corrected chi connectivity index (χ3v) is 7.48. The Hall–Kier alpha value is -2.63. The molecule has 1 fully saturated rings. The van der Waals surface area contributed by atoms with Gasteiger partial charge in [0.2, 0.25) is 0 Å². The highest BCUT2D eigenvalue weighted by Crippen LogP contribution is 2.17. The number of ether oxygens (including phenoxy) is 1. The van der Waals surface area contributed by atoms with Crippen LogP contribution in [0.4, 0.5) is 0 Å². The molecule has 0 aliphatic carbocycles. The Morgan fingerprint density at radius 2 is 1.95 bits per heavy atom. The number of carbonyl (C=O) groups is 2. The third-order valence-electron chi connectivity index (χ3n) is 7.23. The van der Waals surface area contributed by atoms with Crippen LogP contribution in [0.3, 0.4) is 0 Å². The van der Waals surface area contributed by atoms with E-state index in [0.29, 0.717) is 35.0 Å². The van der Waals surface area contributed by atoms with E-state index in [1.807, 2.05) is 12.1 Å². The number of amides is 1. The lowest BCUT2D eigenvalue weighted by Crippen LogP contribution is -2.38. The van der Waals surface area contributed by atoms with E-state index in [2.05, 4.69) is 43.9 Å². The second kappa shape index (κ2) is 14.3. The van der Waals surface area contributed by atoms with Crippen LogP contribution in [0.5, 0.6) is 0 Å². The molecule has 0 saturated carbocycles. The molecule has 1 amide bonds. The Morgan fingerprint density at radius 3 is 2.59 bits per heavy atom. The van der Waals surface area contributed by atoms with Gasteiger partial charge in [-0.15, -0.1) is 0 Å². The largest absolute Gasteiger partial charge is 0.380 e. The van der Waals surface area contributed by atoms with E-state index < -0.39 is 0 Å². The van der Waals surface area contributed by atoms with Crippen molar-refractivity contribution in [3.8, 4) is 0 Å². The molecule has 5 nitrogen and oxygen atoms in total. The van der Waals surface area contributed by atoms with E-state index in [1.54, 1.807) is 24.3 Å². The fourth-order valence-electron chi connectivity index (χ4n) is 4.96. The normalized spacial score (nSPS) is 16.9. The number of nitrogens with one attached hydrogen (secondary N) is 1. The number of Topliss-reactive ketones (excluding diaryl/α,β-unsaturated/α-hetero) is 1. The molecular formula is C31H41ClN2O3. The van der Waals surface area contributed by atoms with Gasteiger partial charge >= 0.3 is 0 Å². The lowest BCUT2D eigenvalue weighted by atomic mass is 9.96. The van der Waals surface area contributed by atoms with E-state index in [9.17, 15) is 9.59 Å². The molecule has 0 spiro atoms. The van der Waals surface area contributed by atoms with Gasteiger partial charge in [-0.2, -0.15) is 0 Å². The second-order valence-electron chi connectivity index (χ2n) is 10.0. The van der Waals surface area contributed by atoms with Crippen LogP contribution < -0.4 is 15.8 Å². The van der Waals surface area contributed by atoms with Crippen molar-refractivity contribution in [3.63, 3.8) is 0 Å². The van der Waals surface area contributed by atoms with Crippen LogP contribution in [0.25, 0.3) is 12.8 Å². The minimum atomic E-state index is -0.0597. The van der Waals surface area contributed by atoms with Gasteiger partial charge in [-0.3, -0.25) is 9.59 Å². The first-order valence-electron chi connectivity index (χ1n) is 13.5. The number of hydrogen-bond donors (Lipinski definition) is 1. The van der Waals surface area contributed by atoms with E-state index in [0.717, 1.165) is 67.7 Å². The van der Waals surface area contributed by atoms with E-state index in [1.165, 1.54) is 0 Å². The van der Waals surface area contributed by atoms with Crippen LogP contribution in [-0.2, 0) is 11.2 Å². The molecule has 2 aromatic rings. The molecule has 0 bridgehead atoms. The van der Waals surface area contributed by atoms with Crippen molar-refractivity contribution in [1.29, 1.82) is 0 Å². The highest BCUT2D eigenvalue weighted by Gasteiger charge is 2.18. The van der Waals surface area contributed by atoms with Gasteiger partial charge in [-0.1, -0.05) is 44.5 Å². The predicted octanol–water partition coefficient (Wildman–Crippen LogP) is 4.97. The zero-order valence-electron chi connectivity index (χ0n) is 22.5. The molecule has 2 unspecified atom stereocenters. The lowest BCUT2D eigenvalue weighted by molar-refractivity contribution is 0.0169. The summed E-state index contributed by atoms with van der Waals surface area (Å²) in [6, 6.07) is 10.9. The Morgan fingerprint density at radius 1 is 1.19 bits per heavy atom. The highest BCUT2D eigenvalue weighted by molar-refractivity contribution is 6.30. The summed E-state index contributed by atoms with van der Waals surface area (Å²) in [5.41, 5.74) is 2.41. The molecular weight excluding hydrogens is 484 g/mol. The minimum Gasteiger partial charge on any atom is -0.380 e. The smallest absolute Gasteiger partial charge is 0.251 e. The number of hydrogen-bond acceptors (Lipinski definition) is 4. The molecule has 1 heterocycles. The maximum atomic E-state index is 13.1. The van der Waals surface area contributed by atoms with Gasteiger partial charge in [-0.05, 0) is 79.1 Å². The van der Waals surface area contributed by atoms with E-state index in [-0.39, 0.29) is 17.8 Å². The first kappa shape index (κ1) is 28.9. The average Bonchev–Trinajstić information content (AvgIpc) is 2.91. The highest BCUT2D eigenvalue weighted by atomic mass is 35.5. The van der Waals surface area contributed by atoms with Crippen LogP contribution in [0.1, 0.15) is 78.7 Å². The van der Waals surface area contributed by atoms with Gasteiger partial charge in [0.05, 0.1) is 6.10 Å². The summed E-state index contributed by atoms with van der Waals surface area (Å²) in [6.07, 6.45) is 8.49. The van der Waals surface area contributed by atoms with Crippen molar-refractivity contribution >= 4 is 36.1 Å². The van der Waals surface area contributed by atoms with Crippen molar-refractivity contribution in [2.45, 2.75) is 64.9 Å². The van der Waals surface area contributed by atoms with Gasteiger partial charge in [0.25, 0.3) is 5.91 Å². The molecule has 37 heavy (non-hydrogen) atoms. The van der Waals surface area contributed by atoms with Crippen molar-refractivity contribution < 1.29 is 14.3 Å². The first-order chi connectivity index (χ1) is 17.8. The topological polar surface area (TPSA) is 58.6 Å². The molecule has 1 aliphatic rings. The molecule has 2 atom stereocenters. The fourth-order valence-corrected chi connectivity index (χ4v) is 5.08. The van der Waals surface area contributed by atoms with Crippen LogP contribution in [0, 0.1) is 5.92 Å². The first-order valence-corrected chi connectivity index (χ1v) is 13.9. The van der Waals surface area contributed by atoms with Gasteiger partial charge in [0, 0.05) is 60.7 Å². The van der Waals surface area contributed by atoms with E-state index >= 15 is 0 Å². The Balaban J connectivity index is 1.67. The summed E-state index contributed by atoms with van der Waals surface area (Å²) in [4.78, 5) is 27.9. The summed E-state index contributed by atoms with van der Waals surface area (Å²) >= 11 is 5.95. The molecule has 3 rings (SSSR count). The monoisotopic (exact) mass is 524 g/mol. The molecule has 0 aromatic heterocycles. The van der Waals surface area contributed by atoms with Crippen LogP contribution in [0.2, 0.25) is 5.02 Å². The number of rotatable bonds is 12. The Bertz CT molecular complexity index is 1160. The zero-order valence-corrected chi connectivity index (χ0v) is 23.3. The molecule has 200 valence electrons. The maximum Gasteiger partial charge on any atom is 0.251 e. The van der Waals surface area contributed by atoms with Crippen LogP contribution in [0.15, 0.2) is 36.4 Å². The number of ketones is 1. The van der Waals surface area contributed by atoms with Gasteiger partial charge in [0.1, 0.15) is 0 Å². The number of nitrogens with zero attached hydrogens (tertiary/aromatic N) is 1. The Kier molecular flexibility index (Phi) is 11.2. The summed E-state index contributed by atoms with van der Waals surface area (Å²) in [7, 11) is 2.05. The molecule has 1 aliphatic heterocycles. The number of carbonyl (C=O) groups excluding carboxylic acids is 2. The zero-order chi connectivity index (χ0) is 26.8. The summed E-state index contributed by atoms with van der Waals surface area (Å²) < 4.78 is 5.76. The third kappa shape index (κ3) is 8.44. The molecule has 2 aromatic carbocycles. The van der Waals surface area contributed by atoms with Crippen molar-refractivity contribution in [2.75, 3.05) is 26.7 Å². The van der Waals surface area contributed by atoms with Crippen molar-refractivity contribution in [2.24, 2.45) is 5.92 Å². The number of halogens is 1. The standard InChI is InChI=1S/C31H41ClN2O3/c1-5-23(11-17-30(35)24-12-14-25(32)15-13-24)20-34(4)21-29-22(3)10-16-28(27(29)6-2)31(36)33-19-26-9-7-8-18-37-26/h10,12-16,21,23,26H,3,5-9,11,17-20H2,1-2,4H3,(H,33,36)/b29-21+. The fraction of sp³-hybridized carbons (Fsp3) is 0.484. The molecule has 1 N–H and O–H groups in total. The van der Waals surface area contributed by atoms with Gasteiger partial charge in [0.15, 0.2) is 5.78 Å². The summed E-state index contributed by atoms with van der Waals surface area (Å²) in [6.45, 7) is 10.6. The van der Waals surface area contributed by atoms with Crippen molar-refractivity contribution in [1.82, 2.24) is 10.2 Å². The van der Waals surface area contributed by atoms with Crippen LogP contribution in [-0.4, -0.2) is 49.4 Å². The second-order valence-corrected chi connectivity index (χ2v) is 10.5. The predicted molar refractivity (Wildman–Crippen MR) is 152 cm³/mol. The van der Waals surface area contributed by atoms with Gasteiger partial charge in [-0.25, -0.2) is 0 Å². The molecule has 6 heteroatoms. The maximum absolute atomic E-state index is 13.1. The summed E-state index contributed by atoms with van der Waals surface area (Å²) in [5.74, 6) is 0.459. The van der Waals surface area contributed by atoms with Crippen molar-refractivity contribution in [3.05, 3.63) is 68.5 Å². The van der Waals surface area contributed by atoms with Crippen LogP contribution >= 0.6 is 11.6 Å². The molecule has 1 saturated heterocycles. The van der Waals surface area contributed by atoms with E-state index in [4.69, 9.17) is 16.3 Å². The number of benzene rings is 2.